The summed E-state index contributed by atoms with van der Waals surface area (Å²) in [6.07, 6.45) is -69.3. The van der Waals surface area contributed by atoms with Crippen molar-refractivity contribution < 1.29 is 168 Å². The van der Waals surface area contributed by atoms with E-state index in [4.69, 9.17) is 72.0 Å². The van der Waals surface area contributed by atoms with Gasteiger partial charge in [-0.3, -0.25) is 0 Å². The maximum atomic E-state index is 11.8. The molecule has 21 aliphatic rings. The Kier molecular flexibility index (Phi) is 27.9. The molecule has 21 fully saturated rings. The lowest BCUT2D eigenvalue weighted by Gasteiger charge is -2.50. The fourth-order valence-corrected chi connectivity index (χ4v) is 11.7. The maximum absolute atomic E-state index is 11.8. The summed E-state index contributed by atoms with van der Waals surface area (Å²) in [6.45, 7) is -2.15. The van der Waals surface area contributed by atoms with Crippen molar-refractivity contribution >= 4 is 0 Å². The van der Waals surface area contributed by atoms with Crippen LogP contribution in [0.3, 0.4) is 0 Å². The highest BCUT2D eigenvalue weighted by atomic mass is 16.8. The maximum Gasteiger partial charge on any atom is 0.187 e. The Balaban J connectivity index is 1.06. The van der Waals surface area contributed by atoms with Gasteiger partial charge in [-0.15, -0.1) is 0 Å². The first-order valence-corrected chi connectivity index (χ1v) is 29.5. The quantitative estimate of drug-likeness (QED) is 0.0534. The molecular formula is C50H91N5O34. The third kappa shape index (κ3) is 16.6. The van der Waals surface area contributed by atoms with E-state index >= 15 is 0 Å². The lowest BCUT2D eigenvalue weighted by atomic mass is 9.95. The smallest absolute Gasteiger partial charge is 0.187 e. The molecule has 26 N–H and O–H groups in total. The minimum Gasteiger partial charge on any atom is -0.394 e. The van der Waals surface area contributed by atoms with E-state index in [1.165, 1.54) is 0 Å². The Morgan fingerprint density at radius 2 is 0.382 bits per heavy atom. The van der Waals surface area contributed by atoms with Crippen LogP contribution in [0.5, 0.6) is 0 Å². The number of hydrogen-bond donors (Lipinski definition) is 25. The van der Waals surface area contributed by atoms with Crippen molar-refractivity contribution in [1.82, 2.24) is 21.3 Å². The first-order chi connectivity index (χ1) is 42.7. The summed E-state index contributed by atoms with van der Waals surface area (Å²) in [6, 6.07) is 0. The van der Waals surface area contributed by atoms with Gasteiger partial charge in [0.25, 0.3) is 0 Å². The molecule has 0 unspecified atom stereocenters. The van der Waals surface area contributed by atoms with Crippen LogP contribution in [0.2, 0.25) is 0 Å². The number of nitrogens with one attached hydrogen (secondary N) is 4. The number of aliphatic hydroxyl groups excluding tert-OH is 20. The topological polar surface area (TPSA) is 608 Å². The average molecular weight is 1310 g/mol. The summed E-state index contributed by atoms with van der Waals surface area (Å²) in [5.74, 6) is 0. The zero-order valence-corrected chi connectivity index (χ0v) is 48.1. The van der Waals surface area contributed by atoms with Crippen molar-refractivity contribution in [2.24, 2.45) is 5.73 Å². The van der Waals surface area contributed by atoms with Crippen LogP contribution in [-0.2, 0) is 66.3 Å². The van der Waals surface area contributed by atoms with Gasteiger partial charge in [-0.1, -0.05) is 0 Å². The van der Waals surface area contributed by atoms with Gasteiger partial charge < -0.3 is 195 Å². The van der Waals surface area contributed by atoms with Gasteiger partial charge in [0, 0.05) is 58.9 Å². The third-order valence-corrected chi connectivity index (χ3v) is 16.7. The first-order valence-electron chi connectivity index (χ1n) is 29.5. The highest BCUT2D eigenvalue weighted by molar-refractivity contribution is 5.02. The second kappa shape index (κ2) is 33.9. The van der Waals surface area contributed by atoms with Crippen molar-refractivity contribution in [2.75, 3.05) is 98.5 Å². The Hall–Kier alpha value is -1.56. The van der Waals surface area contributed by atoms with E-state index in [1.807, 2.05) is 0 Å². The highest BCUT2D eigenvalue weighted by Crippen LogP contribution is 2.39. The number of aliphatic hydroxyl groups is 20. The highest BCUT2D eigenvalue weighted by Gasteiger charge is 2.59. The molecule has 0 radical (unpaired) electrons. The van der Waals surface area contributed by atoms with Crippen molar-refractivity contribution in [3.8, 4) is 0 Å². The molecule has 0 aromatic carbocycles. The Morgan fingerprint density at radius 3 is 0.573 bits per heavy atom. The Bertz CT molecular complexity index is 2050. The van der Waals surface area contributed by atoms with Crippen molar-refractivity contribution in [2.45, 2.75) is 215 Å². The molecule has 21 rings (SSSR count). The lowest BCUT2D eigenvalue weighted by molar-refractivity contribution is -0.396. The van der Waals surface area contributed by atoms with Crippen LogP contribution >= 0.6 is 0 Å². The van der Waals surface area contributed by atoms with Gasteiger partial charge in [-0.2, -0.15) is 0 Å². The van der Waals surface area contributed by atoms with Gasteiger partial charge >= 0.3 is 0 Å². The molecule has 0 spiro atoms. The van der Waals surface area contributed by atoms with E-state index in [0.717, 1.165) is 0 Å². The fourth-order valence-electron chi connectivity index (χ4n) is 11.7. The van der Waals surface area contributed by atoms with Gasteiger partial charge in [0.2, 0.25) is 0 Å². The third-order valence-electron chi connectivity index (χ3n) is 16.7. The monoisotopic (exact) mass is 1310 g/mol. The molecule has 35 atom stereocenters. The average Bonchev–Trinajstić information content (AvgIpc) is 1.09. The van der Waals surface area contributed by atoms with Crippen LogP contribution in [0, 0.1) is 0 Å². The summed E-state index contributed by atoms with van der Waals surface area (Å²) in [7, 11) is 0. The fraction of sp³-hybridized carbons (Fsp3) is 1.00. The number of nitrogens with two attached hydrogens (primary N) is 1. The second-order valence-corrected chi connectivity index (χ2v) is 22.7. The van der Waals surface area contributed by atoms with Gasteiger partial charge in [0.1, 0.15) is 171 Å². The molecule has 39 heteroatoms. The van der Waals surface area contributed by atoms with Gasteiger partial charge in [-0.05, 0) is 0 Å². The second-order valence-electron chi connectivity index (χ2n) is 22.7. The normalized spacial score (nSPS) is 49.5. The Labute approximate surface area is 508 Å². The zero-order valence-electron chi connectivity index (χ0n) is 48.1. The van der Waals surface area contributed by atoms with E-state index in [-0.39, 0.29) is 13.1 Å². The first kappa shape index (κ1) is 73.3. The van der Waals surface area contributed by atoms with E-state index in [9.17, 15) is 102 Å². The van der Waals surface area contributed by atoms with Crippen LogP contribution < -0.4 is 27.0 Å². The lowest BCUT2D eigenvalue weighted by Crippen LogP contribution is -2.68. The van der Waals surface area contributed by atoms with Crippen LogP contribution in [0.25, 0.3) is 0 Å². The minimum atomic E-state index is -2.21. The molecule has 21 aliphatic heterocycles. The number of ether oxygens (including phenoxy) is 14. The van der Waals surface area contributed by atoms with E-state index in [1.54, 1.807) is 0 Å². The minimum absolute atomic E-state index is 0.236. The van der Waals surface area contributed by atoms with Gasteiger partial charge in [0.15, 0.2) is 44.0 Å². The molecule has 0 amide bonds. The molecule has 0 saturated carbocycles. The number of hydrogen-bond acceptors (Lipinski definition) is 39. The molecule has 0 aromatic rings. The van der Waals surface area contributed by atoms with Gasteiger partial charge in [0.05, 0.1) is 39.6 Å². The van der Waals surface area contributed by atoms with E-state index in [2.05, 4.69) is 21.3 Å². The SMILES string of the molecule is NCCNCCNCCNCCNC[C@H]1O[C@@H]2O[C@H]3[C@H](O)[C@@H](O)[C@@H](O[C@H]4[C@H](O)[C@@H](O)[C@@H](O[C@H]5[C@H](O)[C@@H](O)[C@@H](O[C@H]6[C@H](O)[C@@H](O)[C@@H](O[C@H]7[C@H](O)[C@@H](O)[C@@H](O[C@H]8[C@H](O)[C@@H](O)[C@@H](O[C@H]1[C@H](O)[C@H]2O)O[C@@H]8CO)O[C@@H]7CO)O[C@@H]6CO)O[C@@H]5CO)O[C@@H]4CO)O[C@@H]3CO. The molecule has 0 aliphatic carbocycles. The van der Waals surface area contributed by atoms with Crippen LogP contribution in [0.15, 0.2) is 0 Å². The largest absolute Gasteiger partial charge is 0.394 e. The molecular weight excluding hydrogens is 1210 g/mol. The summed E-state index contributed by atoms with van der Waals surface area (Å²) in [4.78, 5) is 0. The van der Waals surface area contributed by atoms with E-state index in [0.29, 0.717) is 45.8 Å². The molecule has 39 nitrogen and oxygen atoms in total. The van der Waals surface area contributed by atoms with Crippen LogP contribution in [-0.4, -0.2) is 416 Å². The van der Waals surface area contributed by atoms with Crippen LogP contribution in [0.1, 0.15) is 0 Å². The summed E-state index contributed by atoms with van der Waals surface area (Å²) >= 11 is 0. The summed E-state index contributed by atoms with van der Waals surface area (Å²) in [5, 5.41) is 237. The molecule has 14 bridgehead atoms. The van der Waals surface area contributed by atoms with Crippen molar-refractivity contribution in [1.29, 1.82) is 0 Å². The predicted octanol–water partition coefficient (Wildman–Crippen LogP) is -16.9. The molecule has 21 saturated heterocycles. The molecule has 21 heterocycles. The van der Waals surface area contributed by atoms with Gasteiger partial charge in [-0.25, -0.2) is 0 Å². The zero-order chi connectivity index (χ0) is 64.5. The van der Waals surface area contributed by atoms with Crippen LogP contribution in [0.4, 0.5) is 0 Å². The van der Waals surface area contributed by atoms with Crippen molar-refractivity contribution in [3.05, 3.63) is 0 Å². The molecule has 0 aromatic heterocycles. The molecule has 520 valence electrons. The Morgan fingerprint density at radius 1 is 0.213 bits per heavy atom. The van der Waals surface area contributed by atoms with E-state index < -0.39 is 255 Å². The number of rotatable bonds is 19. The summed E-state index contributed by atoms with van der Waals surface area (Å²) < 4.78 is 81.5. The predicted molar refractivity (Wildman–Crippen MR) is 282 cm³/mol. The standard InChI is InChI=1S/C50H91N5O34/c51-1-2-52-3-4-53-5-6-54-7-8-55-9-16-37-23(62)30(69)44(76-16)84-38-17(10-56)78-46(32(71)25(38)64)86-40-19(12-58)80-48(34(73)27(40)66)88-42-21(14-60)82-50(36(75)29(42)68)89-43-22(15-61)81-49(35(74)28(43)67)87-41-20(13-59)79-47(33(72)26(41)65)85-39-18(11-57)77-45(83-37)31(70)24(39)63/h16-50,52-75H,1-15,51H2/t16-,17-,18-,19-,20-,21-,22-,23-,24-,25-,26-,27-,28-,29-,30-,31-,32-,33-,34-,35-,36-,37-,38-,39-,40-,41-,42-,43-,44-,45-,46-,47-,48-,49-,50-/m1/s1. The molecule has 89 heavy (non-hydrogen) atoms. The summed E-state index contributed by atoms with van der Waals surface area (Å²) in [5.41, 5.74) is 5.50. The van der Waals surface area contributed by atoms with Crippen molar-refractivity contribution in [3.63, 3.8) is 0 Å².